The van der Waals surface area contributed by atoms with Gasteiger partial charge in [0.05, 0.1) is 31.6 Å². The summed E-state index contributed by atoms with van der Waals surface area (Å²) in [5.41, 5.74) is 2.17. The Bertz CT molecular complexity index is 2060. The number of para-hydroxylation sites is 1. The van der Waals surface area contributed by atoms with Gasteiger partial charge in [0, 0.05) is 20.4 Å². The van der Waals surface area contributed by atoms with Crippen LogP contribution in [0.25, 0.3) is 33.5 Å². The van der Waals surface area contributed by atoms with E-state index in [1.54, 1.807) is 42.5 Å². The normalized spacial score (nSPS) is 11.6. The van der Waals surface area contributed by atoms with Crippen LogP contribution >= 0.6 is 66.7 Å². The number of furan rings is 1. The topological polar surface area (TPSA) is 69.6 Å². The quantitative estimate of drug-likeness (QED) is 0.160. The van der Waals surface area contributed by atoms with E-state index in [1.807, 2.05) is 36.4 Å². The molecule has 11 heteroatoms. The van der Waals surface area contributed by atoms with E-state index in [2.05, 4.69) is 37.0 Å². The largest absolute Gasteiger partial charge is 0.487 e. The smallest absolute Gasteiger partial charge is 0.282 e. The third kappa shape index (κ3) is 5.80. The third-order valence-corrected chi connectivity index (χ3v) is 8.21. The lowest BCUT2D eigenvalue weighted by atomic mass is 10.2. The molecule has 0 fully saturated rings. The summed E-state index contributed by atoms with van der Waals surface area (Å²) in [7, 11) is 0. The Kier molecular flexibility index (Phi) is 7.94. The van der Waals surface area contributed by atoms with Crippen LogP contribution in [0, 0.1) is 0 Å². The summed E-state index contributed by atoms with van der Waals surface area (Å²) in [5.74, 6) is 1.11. The van der Waals surface area contributed by atoms with Crippen molar-refractivity contribution in [2.24, 2.45) is 5.10 Å². The highest BCUT2D eigenvalue weighted by Crippen LogP contribution is 2.34. The molecule has 0 aliphatic heterocycles. The first-order chi connectivity index (χ1) is 19.8. The second kappa shape index (κ2) is 11.6. The van der Waals surface area contributed by atoms with Crippen molar-refractivity contribution < 1.29 is 9.15 Å². The van der Waals surface area contributed by atoms with Crippen LogP contribution in [-0.2, 0) is 6.61 Å². The maximum atomic E-state index is 13.7. The van der Waals surface area contributed by atoms with Crippen LogP contribution in [0.3, 0.4) is 0 Å². The molecule has 0 bridgehead atoms. The van der Waals surface area contributed by atoms with Gasteiger partial charge in [-0.05, 0) is 82.2 Å². The van der Waals surface area contributed by atoms with Gasteiger partial charge < -0.3 is 9.15 Å². The van der Waals surface area contributed by atoms with Crippen LogP contribution in [0.1, 0.15) is 11.1 Å². The van der Waals surface area contributed by atoms with E-state index in [-0.39, 0.29) is 18.0 Å². The van der Waals surface area contributed by atoms with Crippen molar-refractivity contribution in [1.29, 1.82) is 0 Å². The number of nitrogens with zero attached hydrogens (tertiary/aromatic N) is 3. The second-order valence-electron chi connectivity index (χ2n) is 8.95. The molecule has 0 saturated heterocycles. The highest BCUT2D eigenvalue weighted by molar-refractivity contribution is 9.10. The van der Waals surface area contributed by atoms with Gasteiger partial charge in [-0.2, -0.15) is 9.78 Å². The molecule has 4 aromatic carbocycles. The zero-order valence-electron chi connectivity index (χ0n) is 20.7. The van der Waals surface area contributed by atoms with E-state index >= 15 is 0 Å². The van der Waals surface area contributed by atoms with E-state index in [1.165, 1.54) is 10.9 Å². The molecule has 0 radical (unpaired) electrons. The number of benzene rings is 4. The molecule has 2 heterocycles. The number of halogens is 5. The van der Waals surface area contributed by atoms with Crippen molar-refractivity contribution in [3.05, 3.63) is 124 Å². The van der Waals surface area contributed by atoms with Crippen LogP contribution in [0.2, 0.25) is 15.1 Å². The molecular formula is C30H16Br2Cl3N3O3. The fraction of sp³-hybridized carbons (Fsp3) is 0.0333. The zero-order valence-corrected chi connectivity index (χ0v) is 26.2. The van der Waals surface area contributed by atoms with Crippen LogP contribution in [-0.4, -0.2) is 15.9 Å². The Labute approximate surface area is 265 Å². The molecule has 6 nitrogen and oxygen atoms in total. The SMILES string of the molecule is O=c1c2ccccc2nc(-c2cc3cc(Br)ccc3o2)n1N=Cc1cc(Cl)cc(Br)c1OCc1ccc(Cl)c(Cl)c1. The average molecular weight is 733 g/mol. The van der Waals surface area contributed by atoms with E-state index < -0.39 is 0 Å². The second-order valence-corrected chi connectivity index (χ2v) is 12.0. The van der Waals surface area contributed by atoms with E-state index in [9.17, 15) is 4.79 Å². The molecule has 0 saturated carbocycles. The molecule has 204 valence electrons. The maximum Gasteiger partial charge on any atom is 0.282 e. The number of hydrogen-bond donors (Lipinski definition) is 0. The summed E-state index contributed by atoms with van der Waals surface area (Å²) in [6.07, 6.45) is 1.50. The Balaban J connectivity index is 1.45. The molecule has 0 aliphatic carbocycles. The lowest BCUT2D eigenvalue weighted by Crippen LogP contribution is -2.20. The molecule has 0 amide bonds. The fourth-order valence-electron chi connectivity index (χ4n) is 4.25. The lowest BCUT2D eigenvalue weighted by Gasteiger charge is -2.13. The van der Waals surface area contributed by atoms with Gasteiger partial charge in [0.15, 0.2) is 5.76 Å². The molecule has 6 aromatic rings. The third-order valence-electron chi connectivity index (χ3n) is 6.17. The van der Waals surface area contributed by atoms with Crippen molar-refractivity contribution in [2.45, 2.75) is 6.61 Å². The summed E-state index contributed by atoms with van der Waals surface area (Å²) in [6.45, 7) is 0.204. The van der Waals surface area contributed by atoms with Crippen LogP contribution in [0.4, 0.5) is 0 Å². The Morgan fingerprint density at radius 3 is 2.61 bits per heavy atom. The summed E-state index contributed by atoms with van der Waals surface area (Å²) in [5, 5.41) is 7.16. The van der Waals surface area contributed by atoms with Crippen LogP contribution in [0.15, 0.2) is 102 Å². The van der Waals surface area contributed by atoms with Gasteiger partial charge in [0.2, 0.25) is 5.82 Å². The first-order valence-electron chi connectivity index (χ1n) is 12.1. The van der Waals surface area contributed by atoms with Crippen molar-refractivity contribution >= 4 is 94.7 Å². The molecule has 0 spiro atoms. The number of ether oxygens (including phenoxy) is 1. The van der Waals surface area contributed by atoms with E-state index in [0.717, 1.165) is 15.4 Å². The predicted octanol–water partition coefficient (Wildman–Crippen LogP) is 9.76. The van der Waals surface area contributed by atoms with Crippen molar-refractivity contribution in [3.8, 4) is 17.3 Å². The average Bonchev–Trinajstić information content (AvgIpc) is 3.37. The molecular weight excluding hydrogens is 717 g/mol. The van der Waals surface area contributed by atoms with Gasteiger partial charge in [0.1, 0.15) is 17.9 Å². The highest BCUT2D eigenvalue weighted by Gasteiger charge is 2.17. The van der Waals surface area contributed by atoms with E-state index in [4.69, 9.17) is 48.9 Å². The fourth-order valence-corrected chi connectivity index (χ4v) is 5.90. The zero-order chi connectivity index (χ0) is 28.7. The number of hydrogen-bond acceptors (Lipinski definition) is 5. The molecule has 0 unspecified atom stereocenters. The minimum Gasteiger partial charge on any atom is -0.487 e. The van der Waals surface area contributed by atoms with Gasteiger partial charge in [0.25, 0.3) is 5.56 Å². The van der Waals surface area contributed by atoms with Crippen LogP contribution in [0.5, 0.6) is 5.75 Å². The molecule has 0 atom stereocenters. The maximum absolute atomic E-state index is 13.7. The number of fused-ring (bicyclic) bond motifs is 2. The van der Waals surface area contributed by atoms with Gasteiger partial charge in [-0.25, -0.2) is 4.98 Å². The minimum absolute atomic E-state index is 0.204. The highest BCUT2D eigenvalue weighted by atomic mass is 79.9. The monoisotopic (exact) mass is 729 g/mol. The molecule has 41 heavy (non-hydrogen) atoms. The predicted molar refractivity (Wildman–Crippen MR) is 172 cm³/mol. The Hall–Kier alpha value is -3.14. The first kappa shape index (κ1) is 28.0. The minimum atomic E-state index is -0.358. The Morgan fingerprint density at radius 2 is 1.78 bits per heavy atom. The number of aromatic nitrogens is 2. The van der Waals surface area contributed by atoms with Gasteiger partial charge in [-0.15, -0.1) is 0 Å². The lowest BCUT2D eigenvalue weighted by molar-refractivity contribution is 0.304. The molecule has 6 rings (SSSR count). The van der Waals surface area contributed by atoms with Crippen molar-refractivity contribution in [3.63, 3.8) is 0 Å². The van der Waals surface area contributed by atoms with Gasteiger partial charge in [-0.1, -0.05) is 68.9 Å². The molecule has 0 N–H and O–H groups in total. The van der Waals surface area contributed by atoms with Crippen LogP contribution < -0.4 is 10.3 Å². The van der Waals surface area contributed by atoms with Crippen molar-refractivity contribution in [2.75, 3.05) is 0 Å². The van der Waals surface area contributed by atoms with Crippen molar-refractivity contribution in [1.82, 2.24) is 9.66 Å². The summed E-state index contributed by atoms with van der Waals surface area (Å²) >= 11 is 25.6. The number of rotatable bonds is 6. The molecule has 0 aliphatic rings. The first-order valence-corrected chi connectivity index (χ1v) is 14.8. The molecule has 2 aromatic heterocycles. The summed E-state index contributed by atoms with van der Waals surface area (Å²) in [6, 6.07) is 23.2. The van der Waals surface area contributed by atoms with E-state index in [0.29, 0.717) is 53.1 Å². The summed E-state index contributed by atoms with van der Waals surface area (Å²) in [4.78, 5) is 18.4. The Morgan fingerprint density at radius 1 is 0.951 bits per heavy atom. The van der Waals surface area contributed by atoms with Gasteiger partial charge >= 0.3 is 0 Å². The van der Waals surface area contributed by atoms with Gasteiger partial charge in [-0.3, -0.25) is 4.79 Å². The summed E-state index contributed by atoms with van der Waals surface area (Å²) < 4.78 is 14.9. The standard InChI is InChI=1S/C30H16Br2Cl3N3O3/c31-19-6-8-26-17(10-19)12-27(41-26)29-37-25-4-2-1-3-21(25)30(39)38(29)36-14-18-11-20(33)13-22(32)28(18)40-15-16-5-7-23(34)24(35)9-16/h1-14H,15H2.